The van der Waals surface area contributed by atoms with Crippen molar-refractivity contribution in [2.24, 2.45) is 28.6 Å². The van der Waals surface area contributed by atoms with Crippen LogP contribution in [-0.2, 0) is 31.9 Å². The maximum Gasteiger partial charge on any atom is 0.194 e. The zero-order valence-corrected chi connectivity index (χ0v) is 25.9. The maximum atomic E-state index is 13.8. The summed E-state index contributed by atoms with van der Waals surface area (Å²) in [6.07, 6.45) is 7.67. The lowest BCUT2D eigenvalue weighted by Crippen LogP contribution is -2.63. The quantitative estimate of drug-likeness (QED) is 0.394. The Morgan fingerprint density at radius 2 is 2.05 bits per heavy atom. The summed E-state index contributed by atoms with van der Waals surface area (Å²) in [6.45, 7) is 5.71. The number of benzene rings is 1. The molecule has 5 aliphatic rings. The lowest BCUT2D eigenvalue weighted by atomic mass is 9.46. The highest BCUT2D eigenvalue weighted by molar-refractivity contribution is 7.12. The number of rotatable bonds is 6. The van der Waals surface area contributed by atoms with Crippen molar-refractivity contribution in [1.29, 1.82) is 0 Å². The van der Waals surface area contributed by atoms with E-state index < -0.39 is 41.5 Å². The summed E-state index contributed by atoms with van der Waals surface area (Å²) in [5.74, 6) is -0.224. The molecule has 1 saturated heterocycles. The zero-order chi connectivity index (χ0) is 30.3. The Labute approximate surface area is 256 Å². The van der Waals surface area contributed by atoms with Gasteiger partial charge in [0.1, 0.15) is 6.61 Å². The number of aliphatic hydroxyl groups is 2. The minimum atomic E-state index is -1.34. The first-order valence-corrected chi connectivity index (χ1v) is 16.4. The first-order chi connectivity index (χ1) is 20.5. The summed E-state index contributed by atoms with van der Waals surface area (Å²) in [5.41, 5.74) is 7.72. The molecule has 0 radical (unpaired) electrons. The molecule has 4 N–H and O–H groups in total. The van der Waals surface area contributed by atoms with E-state index in [9.17, 15) is 19.8 Å². The Balaban J connectivity index is 1.22. The highest BCUT2D eigenvalue weighted by atomic mass is 32.1. The Morgan fingerprint density at radius 1 is 1.23 bits per heavy atom. The fraction of sp³-hybridized carbons (Fsp3) is 0.543. The van der Waals surface area contributed by atoms with Crippen LogP contribution in [0, 0.1) is 28.6 Å². The van der Waals surface area contributed by atoms with Crippen LogP contribution in [0.15, 0.2) is 54.1 Å². The monoisotopic (exact) mass is 603 g/mol. The van der Waals surface area contributed by atoms with Gasteiger partial charge in [-0.15, -0.1) is 11.3 Å². The van der Waals surface area contributed by atoms with E-state index in [-0.39, 0.29) is 29.3 Å². The van der Waals surface area contributed by atoms with Crippen LogP contribution in [0.25, 0.3) is 0 Å². The molecule has 7 rings (SSSR count). The van der Waals surface area contributed by atoms with Crippen LogP contribution in [0.1, 0.15) is 73.6 Å². The average molecular weight is 604 g/mol. The van der Waals surface area contributed by atoms with Gasteiger partial charge in [-0.1, -0.05) is 44.6 Å². The van der Waals surface area contributed by atoms with E-state index in [1.807, 2.05) is 24.3 Å². The number of allylic oxidation sites excluding steroid dienone is 4. The van der Waals surface area contributed by atoms with Gasteiger partial charge in [-0.25, -0.2) is 0 Å². The topological polar surface area (TPSA) is 119 Å². The number of aryl methyl sites for hydroxylation is 1. The molecule has 1 aromatic carbocycles. The molecule has 2 heterocycles. The Morgan fingerprint density at radius 3 is 2.79 bits per heavy atom. The molecular weight excluding hydrogens is 562 g/mol. The lowest BCUT2D eigenvalue weighted by Gasteiger charge is -2.59. The van der Waals surface area contributed by atoms with Gasteiger partial charge >= 0.3 is 0 Å². The van der Waals surface area contributed by atoms with E-state index in [4.69, 9.17) is 15.2 Å². The van der Waals surface area contributed by atoms with E-state index in [1.165, 1.54) is 10.4 Å². The molecule has 7 nitrogen and oxygen atoms in total. The van der Waals surface area contributed by atoms with Gasteiger partial charge < -0.3 is 25.4 Å². The molecule has 4 fully saturated rings. The molecule has 1 aliphatic heterocycles. The standard InChI is InChI=1S/C35H41NO6S/c1-4-27-20(12-19-6-5-7-22(36)13-19)14-28(43-27)32-41-30-16-25-24-9-8-21-15-23(38)10-11-33(21,2)31(24)26(39)17-34(25,3)35(30,42-32)29(40)18-37/h5-7,10-11,13-15,24-26,30-32,37,39H,4,8-9,12,16-18,36H2,1-3H3/t24-,25-,26-,30+,31+,32+,33-,34-,35+/m0/s1. The van der Waals surface area contributed by atoms with E-state index >= 15 is 0 Å². The number of ether oxygens (including phenoxy) is 2. The molecule has 2 aromatic rings. The lowest BCUT2D eigenvalue weighted by molar-refractivity contribution is -0.200. The second kappa shape index (κ2) is 10.2. The van der Waals surface area contributed by atoms with Crippen LogP contribution < -0.4 is 5.73 Å². The number of carbonyl (C=O) groups is 2. The van der Waals surface area contributed by atoms with Gasteiger partial charge in [0.2, 0.25) is 0 Å². The SMILES string of the molecule is CCc1sc([C@@H]2O[C@@H]3C[C@H]4[C@@H]5CCC6=CC(=O)C=C[C@]6(C)[C@H]5[C@@H](O)C[C@]4(C)[C@]3(C(=O)CO)O2)cc1Cc1cccc(N)c1. The van der Waals surface area contributed by atoms with Crippen molar-refractivity contribution in [1.82, 2.24) is 0 Å². The third-order valence-electron chi connectivity index (χ3n) is 11.6. The highest BCUT2D eigenvalue weighted by Crippen LogP contribution is 2.70. The third kappa shape index (κ3) is 4.13. The molecule has 9 atom stereocenters. The fourth-order valence-corrected chi connectivity index (χ4v) is 10.9. The number of ketones is 2. The van der Waals surface area contributed by atoms with Crippen molar-refractivity contribution in [2.75, 3.05) is 12.3 Å². The maximum absolute atomic E-state index is 13.8. The summed E-state index contributed by atoms with van der Waals surface area (Å²) in [6, 6.07) is 10.0. The normalized spacial score (nSPS) is 39.6. The summed E-state index contributed by atoms with van der Waals surface area (Å²) >= 11 is 1.65. The van der Waals surface area contributed by atoms with E-state index in [0.29, 0.717) is 12.8 Å². The predicted octanol–water partition coefficient (Wildman–Crippen LogP) is 5.09. The van der Waals surface area contributed by atoms with Gasteiger partial charge in [0.25, 0.3) is 0 Å². The Hall–Kier alpha value is -2.62. The van der Waals surface area contributed by atoms with Crippen LogP contribution in [-0.4, -0.2) is 46.2 Å². The largest absolute Gasteiger partial charge is 0.399 e. The van der Waals surface area contributed by atoms with Crippen molar-refractivity contribution in [3.63, 3.8) is 0 Å². The molecule has 0 bridgehead atoms. The summed E-state index contributed by atoms with van der Waals surface area (Å²) in [4.78, 5) is 28.2. The second-order valence-electron chi connectivity index (χ2n) is 13.7. The molecule has 43 heavy (non-hydrogen) atoms. The number of nitrogens with two attached hydrogens (primary N) is 1. The van der Waals surface area contributed by atoms with Crippen LogP contribution in [0.2, 0.25) is 0 Å². The van der Waals surface area contributed by atoms with Gasteiger partial charge in [0.15, 0.2) is 23.5 Å². The van der Waals surface area contributed by atoms with Crippen molar-refractivity contribution in [3.8, 4) is 0 Å². The molecule has 0 amide bonds. The minimum absolute atomic E-state index is 0.00709. The molecule has 0 unspecified atom stereocenters. The molecule has 0 spiro atoms. The number of hydrogen-bond acceptors (Lipinski definition) is 8. The molecule has 8 heteroatoms. The number of aliphatic hydroxyl groups excluding tert-OH is 2. The van der Waals surface area contributed by atoms with Crippen LogP contribution in [0.3, 0.4) is 0 Å². The minimum Gasteiger partial charge on any atom is -0.399 e. The van der Waals surface area contributed by atoms with E-state index in [2.05, 4.69) is 32.9 Å². The Bertz CT molecular complexity index is 1540. The third-order valence-corrected chi connectivity index (χ3v) is 13.0. The number of carbonyl (C=O) groups excluding carboxylic acids is 2. The summed E-state index contributed by atoms with van der Waals surface area (Å²) in [7, 11) is 0. The second-order valence-corrected chi connectivity index (χ2v) is 14.9. The number of fused-ring (bicyclic) bond motifs is 7. The zero-order valence-electron chi connectivity index (χ0n) is 25.0. The van der Waals surface area contributed by atoms with Crippen LogP contribution in [0.4, 0.5) is 5.69 Å². The van der Waals surface area contributed by atoms with Crippen molar-refractivity contribution in [3.05, 3.63) is 75.0 Å². The first-order valence-electron chi connectivity index (χ1n) is 15.6. The molecule has 4 aliphatic carbocycles. The van der Waals surface area contributed by atoms with Gasteiger partial charge in [0, 0.05) is 27.3 Å². The van der Waals surface area contributed by atoms with Crippen molar-refractivity contribution >= 4 is 28.6 Å². The van der Waals surface area contributed by atoms with Crippen LogP contribution >= 0.6 is 11.3 Å². The Kier molecular flexibility index (Phi) is 6.91. The van der Waals surface area contributed by atoms with Crippen LogP contribution in [0.5, 0.6) is 0 Å². The molecule has 1 aromatic heterocycles. The smallest absolute Gasteiger partial charge is 0.194 e. The number of hydrogen-bond donors (Lipinski definition) is 3. The van der Waals surface area contributed by atoms with Gasteiger partial charge in [0.05, 0.1) is 17.1 Å². The molecule has 3 saturated carbocycles. The first kappa shape index (κ1) is 29.1. The van der Waals surface area contributed by atoms with Crippen molar-refractivity contribution < 1.29 is 29.3 Å². The summed E-state index contributed by atoms with van der Waals surface area (Å²) in [5, 5.41) is 22.2. The average Bonchev–Trinajstić information content (AvgIpc) is 3.63. The molecular formula is C35H41NO6S. The van der Waals surface area contributed by atoms with E-state index in [0.717, 1.165) is 47.4 Å². The number of Topliss-reactive ketones (excluding diaryl/α,β-unsaturated/α-hetero) is 1. The number of thiophene rings is 1. The van der Waals surface area contributed by atoms with E-state index in [1.54, 1.807) is 23.5 Å². The number of anilines is 1. The van der Waals surface area contributed by atoms with Gasteiger partial charge in [-0.3, -0.25) is 9.59 Å². The van der Waals surface area contributed by atoms with Gasteiger partial charge in [-0.05, 0) is 91.8 Å². The highest BCUT2D eigenvalue weighted by Gasteiger charge is 2.76. The predicted molar refractivity (Wildman–Crippen MR) is 164 cm³/mol. The van der Waals surface area contributed by atoms with Crippen molar-refractivity contribution in [2.45, 2.75) is 83.4 Å². The van der Waals surface area contributed by atoms with Gasteiger partial charge in [-0.2, -0.15) is 0 Å². The fourth-order valence-electron chi connectivity index (χ4n) is 9.79. The molecule has 228 valence electrons. The number of nitrogen functional groups attached to an aromatic ring is 1. The summed E-state index contributed by atoms with van der Waals surface area (Å²) < 4.78 is 13.5.